The zero-order valence-corrected chi connectivity index (χ0v) is 21.7. The molecule has 1 N–H and O–H groups in total. The van der Waals surface area contributed by atoms with Crippen LogP contribution in [0.3, 0.4) is 0 Å². The molecule has 2 aliphatic heterocycles. The highest BCUT2D eigenvalue weighted by molar-refractivity contribution is 7.11. The van der Waals surface area contributed by atoms with Gasteiger partial charge in [0.15, 0.2) is 0 Å². The number of aryl methyl sites for hydroxylation is 2. The van der Waals surface area contributed by atoms with Crippen molar-refractivity contribution in [3.8, 4) is 0 Å². The number of amides is 1. The summed E-state index contributed by atoms with van der Waals surface area (Å²) in [5, 5.41) is 4.75. The van der Waals surface area contributed by atoms with E-state index >= 15 is 0 Å². The van der Waals surface area contributed by atoms with Gasteiger partial charge in [0.05, 0.1) is 16.6 Å². The van der Waals surface area contributed by atoms with E-state index in [1.54, 1.807) is 12.1 Å². The normalized spacial score (nSPS) is 31.6. The van der Waals surface area contributed by atoms with Gasteiger partial charge in [-0.05, 0) is 75.3 Å². The molecule has 6 heteroatoms. The largest absolute Gasteiger partial charge is 0.339 e. The van der Waals surface area contributed by atoms with Crippen molar-refractivity contribution in [3.63, 3.8) is 0 Å². The number of hydrogen-bond donors (Lipinski definition) is 1. The molecule has 1 spiro atoms. The Labute approximate surface area is 212 Å². The molecule has 4 aliphatic rings. The first-order chi connectivity index (χ1) is 17.1. The zero-order chi connectivity index (χ0) is 24.0. The minimum atomic E-state index is -0.101. The van der Waals surface area contributed by atoms with Gasteiger partial charge in [-0.1, -0.05) is 37.5 Å². The number of carbonyl (C=O) groups excluding carboxylic acids is 1. The van der Waals surface area contributed by atoms with Crippen LogP contribution in [0.15, 0.2) is 24.3 Å². The number of nitrogens with zero attached hydrogens (tertiary/aromatic N) is 2. The monoisotopic (exact) mass is 495 g/mol. The molecule has 4 nitrogen and oxygen atoms in total. The molecule has 3 fully saturated rings. The summed E-state index contributed by atoms with van der Waals surface area (Å²) in [5.41, 5.74) is 1.98. The number of thiazole rings is 1. The van der Waals surface area contributed by atoms with Crippen LogP contribution >= 0.6 is 11.3 Å². The predicted octanol–water partition coefficient (Wildman–Crippen LogP) is 5.74. The van der Waals surface area contributed by atoms with E-state index in [2.05, 4.69) is 17.1 Å². The van der Waals surface area contributed by atoms with E-state index in [-0.39, 0.29) is 29.1 Å². The molecule has 1 aromatic carbocycles. The lowest BCUT2D eigenvalue weighted by Gasteiger charge is -2.47. The van der Waals surface area contributed by atoms with E-state index in [4.69, 9.17) is 4.98 Å². The standard InChI is InChI=1S/C29H38FN3OS/c1-19-32-25-12-7-14-29(27(25)35-19)18-31-17-23(29)28(34)33-15-13-21(22-10-5-6-11-24(22)30)16-26(33)20-8-3-2-4-9-20/h5-6,10-11,20-21,23,26,31H,2-4,7-9,12-18H2,1H3/t21-,23+,26+,29-/m1/s1. The van der Waals surface area contributed by atoms with Crippen LogP contribution in [0.2, 0.25) is 0 Å². The summed E-state index contributed by atoms with van der Waals surface area (Å²) < 4.78 is 14.7. The molecule has 1 amide bonds. The highest BCUT2D eigenvalue weighted by Crippen LogP contribution is 2.49. The maximum atomic E-state index is 14.7. The Morgan fingerprint density at radius 2 is 2.00 bits per heavy atom. The van der Waals surface area contributed by atoms with Crippen LogP contribution in [0.25, 0.3) is 0 Å². The third-order valence-corrected chi connectivity index (χ3v) is 10.7. The van der Waals surface area contributed by atoms with Gasteiger partial charge in [-0.2, -0.15) is 0 Å². The van der Waals surface area contributed by atoms with Gasteiger partial charge in [0.1, 0.15) is 5.82 Å². The molecular formula is C29H38FN3OS. The van der Waals surface area contributed by atoms with Crippen molar-refractivity contribution < 1.29 is 9.18 Å². The molecule has 188 valence electrons. The third-order valence-electron chi connectivity index (χ3n) is 9.51. The highest BCUT2D eigenvalue weighted by atomic mass is 32.1. The summed E-state index contributed by atoms with van der Waals surface area (Å²) in [6, 6.07) is 7.51. The molecule has 0 unspecified atom stereocenters. The van der Waals surface area contributed by atoms with Crippen LogP contribution in [-0.4, -0.2) is 41.5 Å². The average molecular weight is 496 g/mol. The maximum Gasteiger partial charge on any atom is 0.228 e. The highest BCUT2D eigenvalue weighted by Gasteiger charge is 2.53. The summed E-state index contributed by atoms with van der Waals surface area (Å²) in [6.45, 7) is 4.50. The lowest BCUT2D eigenvalue weighted by molar-refractivity contribution is -0.143. The van der Waals surface area contributed by atoms with Crippen molar-refractivity contribution in [1.82, 2.24) is 15.2 Å². The van der Waals surface area contributed by atoms with Gasteiger partial charge in [-0.15, -0.1) is 11.3 Å². The number of carbonyl (C=O) groups is 1. The van der Waals surface area contributed by atoms with Crippen LogP contribution < -0.4 is 5.32 Å². The molecule has 2 aromatic rings. The van der Waals surface area contributed by atoms with E-state index in [9.17, 15) is 9.18 Å². The van der Waals surface area contributed by atoms with Gasteiger partial charge >= 0.3 is 0 Å². The lowest BCUT2D eigenvalue weighted by Crippen LogP contribution is -2.55. The van der Waals surface area contributed by atoms with Gasteiger partial charge in [0.25, 0.3) is 0 Å². The Balaban J connectivity index is 1.30. The number of aromatic nitrogens is 1. The summed E-state index contributed by atoms with van der Waals surface area (Å²) >= 11 is 1.82. The molecule has 3 heterocycles. The quantitative estimate of drug-likeness (QED) is 0.591. The van der Waals surface area contributed by atoms with E-state index in [1.165, 1.54) is 42.7 Å². The number of rotatable bonds is 3. The minimum absolute atomic E-state index is 0.0162. The van der Waals surface area contributed by atoms with Crippen molar-refractivity contribution in [2.45, 2.75) is 88.5 Å². The fraction of sp³-hybridized carbons (Fsp3) is 0.655. The molecule has 0 bridgehead atoms. The van der Waals surface area contributed by atoms with Crippen LogP contribution in [0.5, 0.6) is 0 Å². The van der Waals surface area contributed by atoms with Crippen LogP contribution in [0, 0.1) is 24.6 Å². The second-order valence-electron chi connectivity index (χ2n) is 11.4. The van der Waals surface area contributed by atoms with Crippen LogP contribution in [0.4, 0.5) is 4.39 Å². The summed E-state index contributed by atoms with van der Waals surface area (Å²) in [6.07, 6.45) is 11.2. The van der Waals surface area contributed by atoms with Crippen molar-refractivity contribution >= 4 is 17.2 Å². The first kappa shape index (κ1) is 23.6. The summed E-state index contributed by atoms with van der Waals surface area (Å²) in [5.74, 6) is 0.983. The summed E-state index contributed by atoms with van der Waals surface area (Å²) in [7, 11) is 0. The van der Waals surface area contributed by atoms with Crippen molar-refractivity contribution in [2.24, 2.45) is 11.8 Å². The van der Waals surface area contributed by atoms with Gasteiger partial charge in [0.2, 0.25) is 5.91 Å². The van der Waals surface area contributed by atoms with Crippen molar-refractivity contribution in [1.29, 1.82) is 0 Å². The van der Waals surface area contributed by atoms with E-state index in [0.717, 1.165) is 62.3 Å². The van der Waals surface area contributed by atoms with Gasteiger partial charge in [-0.25, -0.2) is 9.37 Å². The van der Waals surface area contributed by atoms with E-state index < -0.39 is 0 Å². The molecule has 0 radical (unpaired) electrons. The molecular weight excluding hydrogens is 457 g/mol. The molecule has 4 atom stereocenters. The van der Waals surface area contributed by atoms with Crippen LogP contribution in [-0.2, 0) is 16.6 Å². The van der Waals surface area contributed by atoms with E-state index in [0.29, 0.717) is 11.8 Å². The fourth-order valence-electron chi connectivity index (χ4n) is 7.82. The number of nitrogens with one attached hydrogen (secondary N) is 1. The minimum Gasteiger partial charge on any atom is -0.339 e. The summed E-state index contributed by atoms with van der Waals surface area (Å²) in [4.78, 5) is 22.9. The Morgan fingerprint density at radius 3 is 2.83 bits per heavy atom. The Bertz CT molecular complexity index is 1080. The van der Waals surface area contributed by atoms with Gasteiger partial charge in [0, 0.05) is 36.0 Å². The maximum absolute atomic E-state index is 14.7. The number of fused-ring (bicyclic) bond motifs is 2. The Morgan fingerprint density at radius 1 is 1.17 bits per heavy atom. The smallest absolute Gasteiger partial charge is 0.228 e. The molecule has 1 saturated carbocycles. The van der Waals surface area contributed by atoms with E-state index in [1.807, 2.05) is 23.5 Å². The second-order valence-corrected chi connectivity index (χ2v) is 12.6. The van der Waals surface area contributed by atoms with Crippen LogP contribution in [0.1, 0.15) is 84.8 Å². The molecule has 2 saturated heterocycles. The molecule has 35 heavy (non-hydrogen) atoms. The fourth-order valence-corrected chi connectivity index (χ4v) is 9.06. The number of benzene rings is 1. The first-order valence-electron chi connectivity index (χ1n) is 13.8. The number of likely N-dealkylation sites (tertiary alicyclic amines) is 1. The lowest BCUT2D eigenvalue weighted by atomic mass is 9.68. The second kappa shape index (κ2) is 9.59. The van der Waals surface area contributed by atoms with Crippen molar-refractivity contribution in [3.05, 3.63) is 51.2 Å². The van der Waals surface area contributed by atoms with Gasteiger partial charge < -0.3 is 10.2 Å². The molecule has 2 aliphatic carbocycles. The van der Waals surface area contributed by atoms with Crippen molar-refractivity contribution in [2.75, 3.05) is 19.6 Å². The third kappa shape index (κ3) is 4.15. The predicted molar refractivity (Wildman–Crippen MR) is 138 cm³/mol. The molecule has 1 aromatic heterocycles. The SMILES string of the molecule is Cc1nc2c(s1)[C@]1(CCC2)CNC[C@H]1C(=O)N1CC[C@@H](c2ccccc2F)C[C@H]1C1CCCCC1. The first-order valence-corrected chi connectivity index (χ1v) is 14.6. The Kier molecular flexibility index (Phi) is 6.46. The Hall–Kier alpha value is -1.79. The molecule has 6 rings (SSSR count). The zero-order valence-electron chi connectivity index (χ0n) is 20.9. The average Bonchev–Trinajstić information content (AvgIpc) is 3.48. The number of hydrogen-bond acceptors (Lipinski definition) is 4. The topological polar surface area (TPSA) is 45.2 Å². The number of halogens is 1. The number of piperidine rings is 1. The van der Waals surface area contributed by atoms with Gasteiger partial charge in [-0.3, -0.25) is 4.79 Å².